The molecule has 7 nitrogen and oxygen atoms in total. The summed E-state index contributed by atoms with van der Waals surface area (Å²) in [5.41, 5.74) is 2.47. The highest BCUT2D eigenvalue weighted by Gasteiger charge is 2.37. The molecule has 0 radical (unpaired) electrons. The first-order valence-corrected chi connectivity index (χ1v) is 10.2. The molecule has 0 spiro atoms. The third-order valence-corrected chi connectivity index (χ3v) is 6.38. The van der Waals surface area contributed by atoms with Gasteiger partial charge in [-0.05, 0) is 24.6 Å². The summed E-state index contributed by atoms with van der Waals surface area (Å²) in [5, 5.41) is 0. The fourth-order valence-electron chi connectivity index (χ4n) is 3.59. The van der Waals surface area contributed by atoms with Gasteiger partial charge in [0, 0.05) is 25.2 Å². The normalized spacial score (nSPS) is 16.2. The Balaban J connectivity index is 1.80. The van der Waals surface area contributed by atoms with E-state index in [0.29, 0.717) is 24.5 Å². The van der Waals surface area contributed by atoms with Crippen LogP contribution in [0.2, 0.25) is 0 Å². The molecule has 144 valence electrons. The number of nitrogens with zero attached hydrogens (tertiary/aromatic N) is 1. The average Bonchev–Trinajstić information content (AvgIpc) is 3.14. The van der Waals surface area contributed by atoms with Crippen LogP contribution in [0.25, 0.3) is 0 Å². The van der Waals surface area contributed by atoms with E-state index in [1.165, 1.54) is 0 Å². The lowest BCUT2D eigenvalue weighted by molar-refractivity contribution is 0.169. The van der Waals surface area contributed by atoms with Gasteiger partial charge in [-0.1, -0.05) is 30.3 Å². The number of likely N-dealkylation sites (N-methyl/N-ethyl adjacent to an activating group) is 1. The summed E-state index contributed by atoms with van der Waals surface area (Å²) in [4.78, 5) is 2.30. The first-order valence-electron chi connectivity index (χ1n) is 8.74. The molecule has 0 bridgehead atoms. The number of benzene rings is 2. The van der Waals surface area contributed by atoms with E-state index in [9.17, 15) is 8.42 Å². The zero-order valence-corrected chi connectivity index (χ0v) is 16.1. The summed E-state index contributed by atoms with van der Waals surface area (Å²) in [6.45, 7) is 1.54. The van der Waals surface area contributed by atoms with Gasteiger partial charge in [0.2, 0.25) is 22.6 Å². The van der Waals surface area contributed by atoms with E-state index in [0.717, 1.165) is 23.2 Å². The third-order valence-electron chi connectivity index (χ3n) is 4.89. The molecular formula is C19H22N2O5S. The van der Waals surface area contributed by atoms with Gasteiger partial charge in [0.1, 0.15) is 4.90 Å². The van der Waals surface area contributed by atoms with E-state index in [-0.39, 0.29) is 24.0 Å². The van der Waals surface area contributed by atoms with Gasteiger partial charge >= 0.3 is 0 Å². The Hall–Kier alpha value is -2.29. The van der Waals surface area contributed by atoms with Crippen molar-refractivity contribution in [2.24, 2.45) is 0 Å². The molecule has 2 aromatic rings. The fourth-order valence-corrected chi connectivity index (χ4v) is 5.04. The Morgan fingerprint density at radius 3 is 2.63 bits per heavy atom. The van der Waals surface area contributed by atoms with Crippen molar-refractivity contribution < 1.29 is 22.6 Å². The molecule has 8 heteroatoms. The summed E-state index contributed by atoms with van der Waals surface area (Å²) >= 11 is 0. The first kappa shape index (κ1) is 18.1. The minimum Gasteiger partial charge on any atom is -0.492 e. The van der Waals surface area contributed by atoms with Crippen molar-refractivity contribution in [1.29, 1.82) is 0 Å². The van der Waals surface area contributed by atoms with Crippen molar-refractivity contribution in [3.63, 3.8) is 0 Å². The maximum atomic E-state index is 13.2. The third kappa shape index (κ3) is 3.24. The number of sulfonamides is 1. The summed E-state index contributed by atoms with van der Waals surface area (Å²) in [6.07, 6.45) is 0.598. The van der Waals surface area contributed by atoms with E-state index >= 15 is 0 Å². The highest BCUT2D eigenvalue weighted by molar-refractivity contribution is 7.89. The number of hydrogen-bond donors (Lipinski definition) is 1. The maximum Gasteiger partial charge on any atom is 0.245 e. The lowest BCUT2D eigenvalue weighted by Crippen LogP contribution is -2.31. The van der Waals surface area contributed by atoms with Gasteiger partial charge in [0.05, 0.1) is 7.11 Å². The average molecular weight is 390 g/mol. The van der Waals surface area contributed by atoms with Crippen LogP contribution in [0.3, 0.4) is 0 Å². The van der Waals surface area contributed by atoms with Crippen molar-refractivity contribution in [1.82, 2.24) is 9.62 Å². The van der Waals surface area contributed by atoms with Gasteiger partial charge in [-0.25, -0.2) is 13.1 Å². The molecule has 0 aliphatic carbocycles. The van der Waals surface area contributed by atoms with Crippen LogP contribution in [0.5, 0.6) is 17.2 Å². The van der Waals surface area contributed by atoms with Crippen molar-refractivity contribution in [2.75, 3.05) is 27.5 Å². The van der Waals surface area contributed by atoms with Gasteiger partial charge < -0.3 is 19.1 Å². The Morgan fingerprint density at radius 2 is 1.89 bits per heavy atom. The van der Waals surface area contributed by atoms with Crippen LogP contribution in [-0.2, 0) is 29.5 Å². The largest absolute Gasteiger partial charge is 0.492 e. The monoisotopic (exact) mass is 390 g/mol. The number of ether oxygens (including phenoxy) is 3. The second kappa shape index (κ2) is 7.03. The molecule has 2 aromatic carbocycles. The van der Waals surface area contributed by atoms with Gasteiger partial charge in [-0.3, -0.25) is 0 Å². The molecule has 2 aliphatic heterocycles. The first-order chi connectivity index (χ1) is 13.0. The lowest BCUT2D eigenvalue weighted by Gasteiger charge is -2.29. The van der Waals surface area contributed by atoms with Crippen LogP contribution in [-0.4, -0.2) is 40.8 Å². The summed E-state index contributed by atoms with van der Waals surface area (Å²) in [6, 6.07) is 9.41. The molecule has 0 saturated heterocycles. The predicted molar refractivity (Wildman–Crippen MR) is 99.6 cm³/mol. The van der Waals surface area contributed by atoms with E-state index in [2.05, 4.69) is 9.62 Å². The topological polar surface area (TPSA) is 77.1 Å². The Bertz CT molecular complexity index is 960. The van der Waals surface area contributed by atoms with E-state index in [4.69, 9.17) is 14.2 Å². The molecule has 0 amide bonds. The Kier molecular flexibility index (Phi) is 4.71. The van der Waals surface area contributed by atoms with Crippen LogP contribution in [0.4, 0.5) is 0 Å². The van der Waals surface area contributed by atoms with Gasteiger partial charge in [0.25, 0.3) is 0 Å². The van der Waals surface area contributed by atoms with Crippen LogP contribution in [0.1, 0.15) is 16.7 Å². The molecule has 0 saturated carbocycles. The second-order valence-corrected chi connectivity index (χ2v) is 8.39. The van der Waals surface area contributed by atoms with Crippen molar-refractivity contribution in [2.45, 2.75) is 24.4 Å². The molecule has 2 aliphatic rings. The molecule has 2 heterocycles. The maximum absolute atomic E-state index is 13.2. The predicted octanol–water partition coefficient (Wildman–Crippen LogP) is 1.89. The van der Waals surface area contributed by atoms with Gasteiger partial charge in [0.15, 0.2) is 11.5 Å². The molecular weight excluding hydrogens is 368 g/mol. The van der Waals surface area contributed by atoms with Crippen molar-refractivity contribution in [3.8, 4) is 17.2 Å². The van der Waals surface area contributed by atoms with Gasteiger partial charge in [-0.15, -0.1) is 0 Å². The van der Waals surface area contributed by atoms with Crippen LogP contribution in [0.15, 0.2) is 35.2 Å². The van der Waals surface area contributed by atoms with Crippen LogP contribution in [0, 0.1) is 0 Å². The minimum atomic E-state index is -3.80. The second-order valence-electron chi connectivity index (χ2n) is 6.68. The molecule has 0 atom stereocenters. The Labute approximate surface area is 158 Å². The zero-order chi connectivity index (χ0) is 19.0. The van der Waals surface area contributed by atoms with Crippen LogP contribution >= 0.6 is 0 Å². The van der Waals surface area contributed by atoms with E-state index < -0.39 is 10.0 Å². The standard InChI is InChI=1S/C19H22N2O5S/c1-21-9-8-14-15(11-21)16(24-2)17-18(26-12-25-17)19(14)27(22,23)20-10-13-6-4-3-5-7-13/h3-7,20H,8-12H2,1-2H3. The Morgan fingerprint density at radius 1 is 1.15 bits per heavy atom. The van der Waals surface area contributed by atoms with Gasteiger partial charge in [-0.2, -0.15) is 0 Å². The number of methoxy groups -OCH3 is 1. The molecule has 1 N–H and O–H groups in total. The van der Waals surface area contributed by atoms with E-state index in [1.807, 2.05) is 37.4 Å². The van der Waals surface area contributed by atoms with Crippen LogP contribution < -0.4 is 18.9 Å². The number of hydrogen-bond acceptors (Lipinski definition) is 6. The number of rotatable bonds is 5. The smallest absolute Gasteiger partial charge is 0.245 e. The minimum absolute atomic E-state index is 0.0222. The highest BCUT2D eigenvalue weighted by Crippen LogP contribution is 2.51. The summed E-state index contributed by atoms with van der Waals surface area (Å²) in [5.74, 6) is 1.17. The summed E-state index contributed by atoms with van der Waals surface area (Å²) < 4.78 is 45.8. The SMILES string of the molecule is COc1c2c(c(S(=O)(=O)NCc3ccccc3)c3c1OCO3)CCN(C)C2. The summed E-state index contributed by atoms with van der Waals surface area (Å²) in [7, 11) is -0.238. The van der Waals surface area contributed by atoms with E-state index in [1.54, 1.807) is 7.11 Å². The molecule has 0 unspecified atom stereocenters. The molecule has 4 rings (SSSR count). The molecule has 0 fully saturated rings. The van der Waals surface area contributed by atoms with Crippen molar-refractivity contribution in [3.05, 3.63) is 47.0 Å². The zero-order valence-electron chi connectivity index (χ0n) is 15.3. The molecule has 0 aromatic heterocycles. The number of nitrogens with one attached hydrogen (secondary N) is 1. The quantitative estimate of drug-likeness (QED) is 0.840. The lowest BCUT2D eigenvalue weighted by atomic mass is 9.97. The number of fused-ring (bicyclic) bond motifs is 2. The van der Waals surface area contributed by atoms with Crippen molar-refractivity contribution >= 4 is 10.0 Å². The highest BCUT2D eigenvalue weighted by atomic mass is 32.2. The fraction of sp³-hybridized carbons (Fsp3) is 0.368. The molecule has 27 heavy (non-hydrogen) atoms.